The van der Waals surface area contributed by atoms with E-state index in [1.165, 1.54) is 18.2 Å². The van der Waals surface area contributed by atoms with Crippen LogP contribution < -0.4 is 9.46 Å². The number of ether oxygens (including phenoxy) is 1. The zero-order valence-corrected chi connectivity index (χ0v) is 22.4. The largest absolute Gasteiger partial charge is 0.493 e. The third-order valence-corrected chi connectivity index (χ3v) is 8.23. The van der Waals surface area contributed by atoms with Gasteiger partial charge in [0.1, 0.15) is 11.6 Å². The summed E-state index contributed by atoms with van der Waals surface area (Å²) in [5.41, 5.74) is 1.33. The summed E-state index contributed by atoms with van der Waals surface area (Å²) in [4.78, 5) is 19.0. The number of aromatic nitrogens is 1. The number of hydrogen-bond acceptors (Lipinski definition) is 5. The Kier molecular flexibility index (Phi) is 7.91. The van der Waals surface area contributed by atoms with E-state index in [0.29, 0.717) is 23.7 Å². The van der Waals surface area contributed by atoms with E-state index >= 15 is 0 Å². The maximum Gasteiger partial charge on any atom is 0.416 e. The van der Waals surface area contributed by atoms with E-state index in [1.807, 2.05) is 6.92 Å². The van der Waals surface area contributed by atoms with Crippen LogP contribution in [0.2, 0.25) is 0 Å². The molecule has 1 saturated heterocycles. The Labute approximate surface area is 224 Å². The summed E-state index contributed by atoms with van der Waals surface area (Å²) in [6.45, 7) is 3.81. The molecular formula is C28H33F4N3O2S. The number of piperidine rings is 1. The molecule has 3 aliphatic rings. The molecule has 1 aromatic carbocycles. The minimum Gasteiger partial charge on any atom is -0.493 e. The minimum atomic E-state index is -4.39. The first kappa shape index (κ1) is 27.2. The number of alkyl halides is 3. The monoisotopic (exact) mass is 551 g/mol. The number of benzene rings is 1. The summed E-state index contributed by atoms with van der Waals surface area (Å²) in [5.74, 6) is 0.134. The standard InChI is InChI=1S/C28H33F4N3O2S/c1-16(24-11-20(28(30,31)32)12-25(33-24)19-5-6-19)35-9-7-17(8-10-35)15-37-26-14-23(29)22(27(36)34-38-2)13-21(26)18-3-4-18/h11-14,16-19H,3-10,15H2,1-2H3,(H,34,36). The van der Waals surface area contributed by atoms with Crippen molar-refractivity contribution in [1.29, 1.82) is 0 Å². The number of likely N-dealkylation sites (tertiary alicyclic amines) is 1. The average molecular weight is 552 g/mol. The summed E-state index contributed by atoms with van der Waals surface area (Å²) in [5, 5.41) is 0. The lowest BCUT2D eigenvalue weighted by molar-refractivity contribution is -0.137. The third-order valence-electron chi connectivity index (χ3n) is 7.84. The highest BCUT2D eigenvalue weighted by Gasteiger charge is 2.36. The second kappa shape index (κ2) is 11.0. The maximum absolute atomic E-state index is 14.7. The maximum atomic E-state index is 14.7. The first-order chi connectivity index (χ1) is 18.1. The smallest absolute Gasteiger partial charge is 0.416 e. The molecule has 3 fully saturated rings. The topological polar surface area (TPSA) is 54.5 Å². The molecule has 0 spiro atoms. The van der Waals surface area contributed by atoms with Crippen molar-refractivity contribution in [2.24, 2.45) is 5.92 Å². The lowest BCUT2D eigenvalue weighted by Crippen LogP contribution is -2.37. The Morgan fingerprint density at radius 2 is 1.79 bits per heavy atom. The highest BCUT2D eigenvalue weighted by atomic mass is 32.2. The van der Waals surface area contributed by atoms with Crippen LogP contribution in [-0.4, -0.2) is 41.7 Å². The summed E-state index contributed by atoms with van der Waals surface area (Å²) < 4.78 is 63.9. The van der Waals surface area contributed by atoms with E-state index in [9.17, 15) is 22.4 Å². The fourth-order valence-electron chi connectivity index (χ4n) is 5.17. The quantitative estimate of drug-likeness (QED) is 0.273. The third kappa shape index (κ3) is 6.28. The van der Waals surface area contributed by atoms with Gasteiger partial charge in [0.25, 0.3) is 5.91 Å². The van der Waals surface area contributed by atoms with Gasteiger partial charge in [-0.3, -0.25) is 19.4 Å². The van der Waals surface area contributed by atoms with Crippen LogP contribution in [0.1, 0.15) is 96.2 Å². The van der Waals surface area contributed by atoms with Crippen molar-refractivity contribution < 1.29 is 27.1 Å². The Hall–Kier alpha value is -2.33. The fourth-order valence-corrected chi connectivity index (χ4v) is 5.47. The number of rotatable bonds is 9. The van der Waals surface area contributed by atoms with Gasteiger partial charge in [-0.2, -0.15) is 13.2 Å². The Bertz CT molecular complexity index is 1180. The van der Waals surface area contributed by atoms with Gasteiger partial charge in [-0.05, 0) is 94.1 Å². The molecule has 1 atom stereocenters. The molecular weight excluding hydrogens is 518 g/mol. The summed E-state index contributed by atoms with van der Waals surface area (Å²) >= 11 is 1.13. The van der Waals surface area contributed by atoms with Crippen LogP contribution in [0.25, 0.3) is 0 Å². The van der Waals surface area contributed by atoms with Crippen molar-refractivity contribution in [3.8, 4) is 5.75 Å². The SMILES string of the molecule is CSNC(=O)c1cc(C2CC2)c(OCC2CCN(C(C)c3cc(C(F)(F)F)cc(C4CC4)n3)CC2)cc1F. The number of halogens is 4. The molecule has 5 rings (SSSR count). The molecule has 1 N–H and O–H groups in total. The molecule has 2 heterocycles. The Morgan fingerprint density at radius 1 is 1.11 bits per heavy atom. The van der Waals surface area contributed by atoms with Gasteiger partial charge in [0.05, 0.1) is 23.4 Å². The van der Waals surface area contributed by atoms with E-state index in [4.69, 9.17) is 4.74 Å². The summed E-state index contributed by atoms with van der Waals surface area (Å²) in [6.07, 6.45) is 2.76. The number of pyridine rings is 1. The van der Waals surface area contributed by atoms with Gasteiger partial charge in [0.2, 0.25) is 0 Å². The fraction of sp³-hybridized carbons (Fsp3) is 0.571. The molecule has 206 valence electrons. The normalized spacial score (nSPS) is 19.8. The molecule has 2 aromatic rings. The van der Waals surface area contributed by atoms with Crippen molar-refractivity contribution in [2.45, 2.75) is 69.5 Å². The van der Waals surface area contributed by atoms with E-state index in [1.54, 1.807) is 12.3 Å². The number of nitrogens with one attached hydrogen (secondary N) is 1. The van der Waals surface area contributed by atoms with E-state index in [-0.39, 0.29) is 29.4 Å². The van der Waals surface area contributed by atoms with Gasteiger partial charge in [-0.25, -0.2) is 4.39 Å². The molecule has 5 nitrogen and oxygen atoms in total. The van der Waals surface area contributed by atoms with Crippen LogP contribution in [0.15, 0.2) is 24.3 Å². The highest BCUT2D eigenvalue weighted by molar-refractivity contribution is 7.97. The molecule has 1 amide bonds. The van der Waals surface area contributed by atoms with Gasteiger partial charge in [0.15, 0.2) is 0 Å². The molecule has 2 aliphatic carbocycles. The van der Waals surface area contributed by atoms with Gasteiger partial charge in [0, 0.05) is 30.0 Å². The van der Waals surface area contributed by atoms with Crippen LogP contribution in [0, 0.1) is 11.7 Å². The lowest BCUT2D eigenvalue weighted by atomic mass is 9.95. The van der Waals surface area contributed by atoms with Crippen molar-refractivity contribution in [2.75, 3.05) is 26.0 Å². The Balaban J connectivity index is 1.21. The lowest BCUT2D eigenvalue weighted by Gasteiger charge is -2.36. The minimum absolute atomic E-state index is 0.0314. The Morgan fingerprint density at radius 3 is 2.39 bits per heavy atom. The molecule has 0 bridgehead atoms. The molecule has 1 unspecified atom stereocenters. The van der Waals surface area contributed by atoms with Gasteiger partial charge in [-0.1, -0.05) is 11.9 Å². The van der Waals surface area contributed by atoms with Crippen molar-refractivity contribution in [1.82, 2.24) is 14.6 Å². The average Bonchev–Trinajstić information content (AvgIpc) is 3.80. The number of carbonyl (C=O) groups excluding carboxylic acids is 1. The molecule has 1 aromatic heterocycles. The van der Waals surface area contributed by atoms with Crippen molar-refractivity contribution >= 4 is 17.9 Å². The van der Waals surface area contributed by atoms with Crippen LogP contribution in [0.4, 0.5) is 17.6 Å². The number of amides is 1. The van der Waals surface area contributed by atoms with Crippen molar-refractivity contribution in [3.05, 3.63) is 58.2 Å². The summed E-state index contributed by atoms with van der Waals surface area (Å²) in [7, 11) is 0. The molecule has 1 aliphatic heterocycles. The molecule has 0 radical (unpaired) electrons. The second-order valence-electron chi connectivity index (χ2n) is 10.7. The van der Waals surface area contributed by atoms with Crippen LogP contribution in [0.3, 0.4) is 0 Å². The van der Waals surface area contributed by atoms with Crippen molar-refractivity contribution in [3.63, 3.8) is 0 Å². The van der Waals surface area contributed by atoms with E-state index < -0.39 is 23.5 Å². The zero-order valence-electron chi connectivity index (χ0n) is 21.6. The molecule has 2 saturated carbocycles. The number of carbonyl (C=O) groups is 1. The van der Waals surface area contributed by atoms with Crippen LogP contribution in [0.5, 0.6) is 5.75 Å². The van der Waals surface area contributed by atoms with Crippen LogP contribution >= 0.6 is 11.9 Å². The number of hydrogen-bond donors (Lipinski definition) is 1. The predicted molar refractivity (Wildman–Crippen MR) is 139 cm³/mol. The second-order valence-corrected chi connectivity index (χ2v) is 11.3. The first-order valence-corrected chi connectivity index (χ1v) is 14.5. The highest BCUT2D eigenvalue weighted by Crippen LogP contribution is 2.46. The number of nitrogens with zero attached hydrogens (tertiary/aromatic N) is 2. The van der Waals surface area contributed by atoms with Crippen LogP contribution in [-0.2, 0) is 6.18 Å². The van der Waals surface area contributed by atoms with Gasteiger partial charge < -0.3 is 4.74 Å². The summed E-state index contributed by atoms with van der Waals surface area (Å²) in [6, 6.07) is 5.14. The molecule has 10 heteroatoms. The van der Waals surface area contributed by atoms with E-state index in [2.05, 4.69) is 14.6 Å². The zero-order chi connectivity index (χ0) is 27.0. The first-order valence-electron chi connectivity index (χ1n) is 13.3. The molecule has 38 heavy (non-hydrogen) atoms. The van der Waals surface area contributed by atoms with Gasteiger partial charge >= 0.3 is 6.18 Å². The van der Waals surface area contributed by atoms with E-state index in [0.717, 1.165) is 69.1 Å². The van der Waals surface area contributed by atoms with Gasteiger partial charge in [-0.15, -0.1) is 0 Å². The predicted octanol–water partition coefficient (Wildman–Crippen LogP) is 6.85.